The summed E-state index contributed by atoms with van der Waals surface area (Å²) < 4.78 is 32.6. The van der Waals surface area contributed by atoms with E-state index in [-0.39, 0.29) is 41.1 Å². The predicted octanol–water partition coefficient (Wildman–Crippen LogP) is 1.69. The molecule has 0 fully saturated rings. The first-order chi connectivity index (χ1) is 11.9. The van der Waals surface area contributed by atoms with Gasteiger partial charge in [0.15, 0.2) is 0 Å². The predicted molar refractivity (Wildman–Crippen MR) is 101 cm³/mol. The molecule has 0 bridgehead atoms. The molecule has 3 aromatic rings. The first-order valence-electron chi connectivity index (χ1n) is 7.32. The van der Waals surface area contributed by atoms with Crippen LogP contribution >= 0.6 is 0 Å². The molecule has 3 rings (SSSR count). The molecule has 0 aliphatic carbocycles. The number of nitrogens with zero attached hydrogens (tertiary/aromatic N) is 2. The van der Waals surface area contributed by atoms with E-state index in [1.165, 1.54) is 6.92 Å². The molecule has 0 aliphatic heterocycles. The van der Waals surface area contributed by atoms with Crippen LogP contribution < -0.4 is 8.91 Å². The van der Waals surface area contributed by atoms with Crippen molar-refractivity contribution in [2.45, 2.75) is 6.92 Å². The van der Waals surface area contributed by atoms with E-state index in [0.29, 0.717) is 16.7 Å². The molecule has 0 spiro atoms. The van der Waals surface area contributed by atoms with Crippen LogP contribution in [-0.2, 0) is 15.1 Å². The van der Waals surface area contributed by atoms with Gasteiger partial charge in [-0.3, -0.25) is 9.36 Å². The number of hydrogen-bond acceptors (Lipinski definition) is 5. The minimum atomic E-state index is -4.40. The Hall–Kier alpha value is -2.13. The Morgan fingerprint density at radius 3 is 2.38 bits per heavy atom. The van der Waals surface area contributed by atoms with E-state index in [0.717, 1.165) is 0 Å². The van der Waals surface area contributed by atoms with Gasteiger partial charge in [0.05, 0.1) is 16.7 Å². The molecule has 26 heavy (non-hydrogen) atoms. The van der Waals surface area contributed by atoms with Crippen molar-refractivity contribution in [3.8, 4) is 11.7 Å². The van der Waals surface area contributed by atoms with Gasteiger partial charge in [-0.05, 0) is 31.2 Å². The molecule has 1 heterocycles. The first kappa shape index (κ1) is 20.2. The molecule has 0 radical (unpaired) electrons. The molecule has 130 valence electrons. The van der Waals surface area contributed by atoms with E-state index in [1.54, 1.807) is 39.6 Å². The van der Waals surface area contributed by atoms with Crippen molar-refractivity contribution in [3.63, 3.8) is 0 Å². The molecule has 0 saturated heterocycles. The fourth-order valence-electron chi connectivity index (χ4n) is 2.21. The third-order valence-corrected chi connectivity index (χ3v) is 4.14. The van der Waals surface area contributed by atoms with Crippen LogP contribution in [0.25, 0.3) is 16.7 Å². The Morgan fingerprint density at radius 2 is 1.73 bits per heavy atom. The first-order valence-corrected chi connectivity index (χ1v) is 8.73. The number of fused-ring (bicyclic) bond motifs is 1. The molecule has 1 N–H and O–H groups in total. The quantitative estimate of drug-likeness (QED) is 0.537. The second kappa shape index (κ2) is 8.05. The summed E-state index contributed by atoms with van der Waals surface area (Å²) in [6.45, 7) is 4.79. The Labute approximate surface area is 173 Å². The molecule has 0 aliphatic rings. The van der Waals surface area contributed by atoms with E-state index in [1.807, 2.05) is 24.3 Å². The number of amides is 1. The summed E-state index contributed by atoms with van der Waals surface area (Å²) in [5, 5.41) is 0. The van der Waals surface area contributed by atoms with E-state index in [2.05, 4.69) is 11.6 Å². The van der Waals surface area contributed by atoms with Gasteiger partial charge >= 0.3 is 45.9 Å². The molecule has 0 unspecified atom stereocenters. The van der Waals surface area contributed by atoms with Crippen LogP contribution in [0.15, 0.2) is 66.7 Å². The standard InChI is InChI=1S/C17H15N3O4S.Na.H/c1-12(2)16(21)19-25(22,23)24-17-18-14-10-6-7-11-15(14)20(17)13-8-4-3-5-9-13;;/h3-11H,1H2,2H3,(H,19,21);;. The molecule has 0 saturated carbocycles. The third kappa shape index (κ3) is 4.34. The zero-order valence-corrected chi connectivity index (χ0v) is 14.2. The van der Waals surface area contributed by atoms with E-state index < -0.39 is 16.2 Å². The summed E-state index contributed by atoms with van der Waals surface area (Å²) in [5.41, 5.74) is 1.95. The number of nitrogens with one attached hydrogen (secondary N) is 1. The number of benzene rings is 2. The second-order valence-corrected chi connectivity index (χ2v) is 6.58. The normalized spacial score (nSPS) is 10.8. The topological polar surface area (TPSA) is 90.3 Å². The van der Waals surface area contributed by atoms with E-state index in [4.69, 9.17) is 4.18 Å². The average molecular weight is 381 g/mol. The van der Waals surface area contributed by atoms with Gasteiger partial charge in [-0.25, -0.2) is 4.72 Å². The summed E-state index contributed by atoms with van der Waals surface area (Å²) in [5.74, 6) is -0.845. The molecular weight excluding hydrogens is 365 g/mol. The molecular formula is C17H16N3NaO4S. The zero-order valence-electron chi connectivity index (χ0n) is 13.3. The summed E-state index contributed by atoms with van der Waals surface area (Å²) in [6, 6.07) is 16.0. The number of rotatable bonds is 5. The van der Waals surface area contributed by atoms with Crippen molar-refractivity contribution in [1.82, 2.24) is 14.3 Å². The fourth-order valence-corrected chi connectivity index (χ4v) is 2.96. The zero-order chi connectivity index (χ0) is 18.0. The SMILES string of the molecule is C=C(C)C(=O)NS(=O)(=O)Oc1nc2ccccc2n1-c1ccccc1.[NaH]. The summed E-state index contributed by atoms with van der Waals surface area (Å²) >= 11 is 0. The Kier molecular flexibility index (Phi) is 6.25. The van der Waals surface area contributed by atoms with E-state index >= 15 is 0 Å². The minimum absolute atomic E-state index is 0. The van der Waals surface area contributed by atoms with Crippen molar-refractivity contribution >= 4 is 56.8 Å². The summed E-state index contributed by atoms with van der Waals surface area (Å²) in [7, 11) is -4.40. The van der Waals surface area contributed by atoms with Crippen LogP contribution in [0.3, 0.4) is 0 Å². The van der Waals surface area contributed by atoms with Crippen LogP contribution in [0.1, 0.15) is 6.92 Å². The van der Waals surface area contributed by atoms with Gasteiger partial charge in [0, 0.05) is 5.57 Å². The van der Waals surface area contributed by atoms with Gasteiger partial charge in [-0.1, -0.05) is 36.9 Å². The van der Waals surface area contributed by atoms with Crippen LogP contribution in [0.2, 0.25) is 0 Å². The van der Waals surface area contributed by atoms with Gasteiger partial charge in [0.2, 0.25) is 0 Å². The fraction of sp³-hybridized carbons (Fsp3) is 0.0588. The number of para-hydroxylation sites is 3. The van der Waals surface area contributed by atoms with Gasteiger partial charge in [0.1, 0.15) is 0 Å². The number of hydrogen-bond donors (Lipinski definition) is 1. The van der Waals surface area contributed by atoms with Crippen molar-refractivity contribution in [3.05, 3.63) is 66.7 Å². The van der Waals surface area contributed by atoms with Crippen molar-refractivity contribution in [2.75, 3.05) is 0 Å². The van der Waals surface area contributed by atoms with Gasteiger partial charge in [-0.15, -0.1) is 0 Å². The molecule has 7 nitrogen and oxygen atoms in total. The molecule has 2 aromatic carbocycles. The average Bonchev–Trinajstić information content (AvgIpc) is 2.91. The van der Waals surface area contributed by atoms with Gasteiger partial charge in [0.25, 0.3) is 5.91 Å². The molecule has 1 amide bonds. The van der Waals surface area contributed by atoms with Crippen molar-refractivity contribution in [1.29, 1.82) is 0 Å². The maximum atomic E-state index is 12.1. The maximum absolute atomic E-state index is 12.1. The molecule has 0 atom stereocenters. The summed E-state index contributed by atoms with van der Waals surface area (Å²) in [6.07, 6.45) is 0. The van der Waals surface area contributed by atoms with Crippen LogP contribution in [-0.4, -0.2) is 53.4 Å². The Balaban J connectivity index is 0.00000243. The van der Waals surface area contributed by atoms with E-state index in [9.17, 15) is 13.2 Å². The van der Waals surface area contributed by atoms with Crippen molar-refractivity contribution < 1.29 is 17.4 Å². The Bertz CT molecular complexity index is 1060. The van der Waals surface area contributed by atoms with Gasteiger partial charge in [-0.2, -0.15) is 13.4 Å². The van der Waals surface area contributed by atoms with Gasteiger partial charge < -0.3 is 4.18 Å². The van der Waals surface area contributed by atoms with Crippen molar-refractivity contribution in [2.24, 2.45) is 0 Å². The number of imidazole rings is 1. The number of carbonyl (C=O) groups is 1. The second-order valence-electron chi connectivity index (χ2n) is 5.30. The molecule has 9 heteroatoms. The van der Waals surface area contributed by atoms with Crippen LogP contribution in [0, 0.1) is 0 Å². The Morgan fingerprint density at radius 1 is 1.12 bits per heavy atom. The van der Waals surface area contributed by atoms with Crippen LogP contribution in [0.4, 0.5) is 0 Å². The molecule has 1 aromatic heterocycles. The third-order valence-electron chi connectivity index (χ3n) is 3.33. The number of carbonyl (C=O) groups excluding carboxylic acids is 1. The number of aromatic nitrogens is 2. The monoisotopic (exact) mass is 381 g/mol. The van der Waals surface area contributed by atoms with Crippen LogP contribution in [0.5, 0.6) is 6.01 Å². The summed E-state index contributed by atoms with van der Waals surface area (Å²) in [4.78, 5) is 15.8.